The molecule has 1 heterocycles. The molecular weight excluding hydrogens is 332 g/mol. The predicted octanol–water partition coefficient (Wildman–Crippen LogP) is 3.03. The van der Waals surface area contributed by atoms with Gasteiger partial charge in [0.05, 0.1) is 26.5 Å². The first kappa shape index (κ1) is 17.9. The summed E-state index contributed by atoms with van der Waals surface area (Å²) in [4.78, 5) is 12.8. The van der Waals surface area contributed by atoms with E-state index >= 15 is 0 Å². The van der Waals surface area contributed by atoms with Crippen LogP contribution in [0.3, 0.4) is 0 Å². The quantitative estimate of drug-likeness (QED) is 0.800. The van der Waals surface area contributed by atoms with Gasteiger partial charge in [-0.1, -0.05) is 30.3 Å². The van der Waals surface area contributed by atoms with Crippen molar-refractivity contribution >= 4 is 11.6 Å². The maximum Gasteiger partial charge on any atom is 0.276 e. The Morgan fingerprint density at radius 3 is 2.42 bits per heavy atom. The van der Waals surface area contributed by atoms with Crippen LogP contribution in [-0.2, 0) is 9.53 Å². The van der Waals surface area contributed by atoms with Crippen molar-refractivity contribution in [3.63, 3.8) is 0 Å². The van der Waals surface area contributed by atoms with Crippen LogP contribution in [0.1, 0.15) is 23.7 Å². The molecule has 0 fully saturated rings. The van der Waals surface area contributed by atoms with Crippen LogP contribution in [0.4, 0.5) is 0 Å². The van der Waals surface area contributed by atoms with Crippen LogP contribution in [0.25, 0.3) is 0 Å². The Morgan fingerprint density at radius 1 is 1.04 bits per heavy atom. The molecule has 0 unspecified atom stereocenters. The molecule has 3 rings (SSSR count). The molecule has 0 N–H and O–H groups in total. The van der Waals surface area contributed by atoms with Gasteiger partial charge in [0.1, 0.15) is 0 Å². The number of hydrazone groups is 1. The molecule has 136 valence electrons. The predicted molar refractivity (Wildman–Crippen MR) is 98.6 cm³/mol. The Labute approximate surface area is 153 Å². The molecule has 0 saturated carbocycles. The molecule has 0 aliphatic carbocycles. The minimum absolute atomic E-state index is 0.172. The fourth-order valence-electron chi connectivity index (χ4n) is 2.98. The molecule has 6 nitrogen and oxygen atoms in total. The average molecular weight is 354 g/mol. The third-order valence-corrected chi connectivity index (χ3v) is 4.34. The summed E-state index contributed by atoms with van der Waals surface area (Å²) in [6, 6.07) is 15.1. The van der Waals surface area contributed by atoms with E-state index in [1.807, 2.05) is 48.5 Å². The number of amides is 1. The van der Waals surface area contributed by atoms with Crippen LogP contribution >= 0.6 is 0 Å². The van der Waals surface area contributed by atoms with Gasteiger partial charge >= 0.3 is 0 Å². The van der Waals surface area contributed by atoms with Crippen molar-refractivity contribution in [1.82, 2.24) is 5.01 Å². The highest BCUT2D eigenvalue weighted by molar-refractivity contribution is 6.03. The molecule has 0 aromatic heterocycles. The molecule has 0 spiro atoms. The summed E-state index contributed by atoms with van der Waals surface area (Å²) in [7, 11) is 4.72. The number of rotatable bonds is 6. The SMILES string of the molecule is COc1ccc(C2=NN(C(=O)[C@H](OC)c3ccccc3)CC2)cc1OC. The van der Waals surface area contributed by atoms with Gasteiger partial charge in [-0.05, 0) is 23.8 Å². The Balaban J connectivity index is 1.82. The van der Waals surface area contributed by atoms with Gasteiger partial charge in [0.15, 0.2) is 17.6 Å². The smallest absolute Gasteiger partial charge is 0.276 e. The van der Waals surface area contributed by atoms with E-state index in [2.05, 4.69) is 5.10 Å². The molecule has 1 amide bonds. The van der Waals surface area contributed by atoms with Crippen LogP contribution < -0.4 is 9.47 Å². The number of carbonyl (C=O) groups is 1. The van der Waals surface area contributed by atoms with E-state index in [0.717, 1.165) is 16.8 Å². The van der Waals surface area contributed by atoms with E-state index in [1.54, 1.807) is 14.2 Å². The summed E-state index contributed by atoms with van der Waals surface area (Å²) < 4.78 is 16.0. The highest BCUT2D eigenvalue weighted by atomic mass is 16.5. The van der Waals surface area contributed by atoms with Crippen LogP contribution in [0.2, 0.25) is 0 Å². The largest absolute Gasteiger partial charge is 0.493 e. The van der Waals surface area contributed by atoms with Crippen molar-refractivity contribution in [1.29, 1.82) is 0 Å². The zero-order valence-electron chi connectivity index (χ0n) is 15.1. The minimum atomic E-state index is -0.662. The van der Waals surface area contributed by atoms with Gasteiger partial charge < -0.3 is 14.2 Å². The number of benzene rings is 2. The second-order valence-corrected chi connectivity index (χ2v) is 5.85. The monoisotopic (exact) mass is 354 g/mol. The van der Waals surface area contributed by atoms with E-state index in [1.165, 1.54) is 12.1 Å². The van der Waals surface area contributed by atoms with E-state index in [9.17, 15) is 4.79 Å². The first-order chi connectivity index (χ1) is 12.7. The first-order valence-electron chi connectivity index (χ1n) is 8.37. The van der Waals surface area contributed by atoms with Gasteiger partial charge in [-0.15, -0.1) is 0 Å². The lowest BCUT2D eigenvalue weighted by atomic mass is 10.1. The van der Waals surface area contributed by atoms with Gasteiger partial charge in [-0.3, -0.25) is 4.79 Å². The number of carbonyl (C=O) groups excluding carboxylic acids is 1. The van der Waals surface area contributed by atoms with Crippen LogP contribution in [0.15, 0.2) is 53.6 Å². The molecule has 2 aromatic rings. The Bertz CT molecular complexity index is 805. The van der Waals surface area contributed by atoms with E-state index in [4.69, 9.17) is 14.2 Å². The number of hydrogen-bond donors (Lipinski definition) is 0. The van der Waals surface area contributed by atoms with Crippen molar-refractivity contribution in [2.45, 2.75) is 12.5 Å². The van der Waals surface area contributed by atoms with Crippen LogP contribution in [0.5, 0.6) is 11.5 Å². The zero-order valence-corrected chi connectivity index (χ0v) is 15.1. The third-order valence-electron chi connectivity index (χ3n) is 4.34. The lowest BCUT2D eigenvalue weighted by Crippen LogP contribution is -2.30. The summed E-state index contributed by atoms with van der Waals surface area (Å²) in [5.74, 6) is 1.12. The van der Waals surface area contributed by atoms with Crippen molar-refractivity contribution in [2.75, 3.05) is 27.9 Å². The summed E-state index contributed by atoms with van der Waals surface area (Å²) in [6.07, 6.45) is 0.0108. The number of hydrogen-bond acceptors (Lipinski definition) is 5. The second kappa shape index (κ2) is 8.01. The summed E-state index contributed by atoms with van der Waals surface area (Å²) in [5, 5.41) is 5.99. The molecule has 0 bridgehead atoms. The van der Waals surface area contributed by atoms with E-state index in [0.29, 0.717) is 24.5 Å². The highest BCUT2D eigenvalue weighted by Gasteiger charge is 2.29. The Morgan fingerprint density at radius 2 is 1.77 bits per heavy atom. The summed E-state index contributed by atoms with van der Waals surface area (Å²) in [5.41, 5.74) is 2.56. The standard InChI is InChI=1S/C20H22N2O4/c1-24-17-10-9-15(13-18(17)25-2)16-11-12-22(21-16)20(23)19(26-3)14-7-5-4-6-8-14/h4-10,13,19H,11-12H2,1-3H3/t19-/m1/s1. The Kier molecular flexibility index (Phi) is 5.53. The average Bonchev–Trinajstić information content (AvgIpc) is 3.19. The summed E-state index contributed by atoms with van der Waals surface area (Å²) >= 11 is 0. The molecule has 2 aromatic carbocycles. The maximum atomic E-state index is 12.8. The minimum Gasteiger partial charge on any atom is -0.493 e. The normalized spacial score (nSPS) is 14.7. The highest BCUT2D eigenvalue weighted by Crippen LogP contribution is 2.29. The molecule has 1 atom stereocenters. The second-order valence-electron chi connectivity index (χ2n) is 5.85. The van der Waals surface area contributed by atoms with Crippen molar-refractivity contribution in [3.8, 4) is 11.5 Å². The molecule has 0 saturated heterocycles. The van der Waals surface area contributed by atoms with Crippen molar-refractivity contribution in [3.05, 3.63) is 59.7 Å². The third kappa shape index (κ3) is 3.55. The van der Waals surface area contributed by atoms with Gasteiger partial charge in [-0.2, -0.15) is 5.10 Å². The number of nitrogens with zero attached hydrogens (tertiary/aromatic N) is 2. The van der Waals surface area contributed by atoms with Crippen molar-refractivity contribution < 1.29 is 19.0 Å². The van der Waals surface area contributed by atoms with Gasteiger partial charge in [0.25, 0.3) is 5.91 Å². The molecule has 26 heavy (non-hydrogen) atoms. The fraction of sp³-hybridized carbons (Fsp3) is 0.300. The lowest BCUT2D eigenvalue weighted by molar-refractivity contribution is -0.141. The molecule has 1 aliphatic rings. The molecule has 1 aliphatic heterocycles. The first-order valence-corrected chi connectivity index (χ1v) is 8.37. The summed E-state index contributed by atoms with van der Waals surface area (Å²) in [6.45, 7) is 0.523. The fourth-order valence-corrected chi connectivity index (χ4v) is 2.98. The molecule has 6 heteroatoms. The zero-order chi connectivity index (χ0) is 18.5. The number of ether oxygens (including phenoxy) is 3. The van der Waals surface area contributed by atoms with Gasteiger partial charge in [0, 0.05) is 19.1 Å². The molecule has 0 radical (unpaired) electrons. The number of methoxy groups -OCH3 is 3. The van der Waals surface area contributed by atoms with Crippen LogP contribution in [0, 0.1) is 0 Å². The van der Waals surface area contributed by atoms with Gasteiger partial charge in [0.2, 0.25) is 0 Å². The van der Waals surface area contributed by atoms with Crippen molar-refractivity contribution in [2.24, 2.45) is 5.10 Å². The van der Waals surface area contributed by atoms with Gasteiger partial charge in [-0.25, -0.2) is 5.01 Å². The topological polar surface area (TPSA) is 60.4 Å². The van der Waals surface area contributed by atoms with E-state index < -0.39 is 6.10 Å². The Hall–Kier alpha value is -2.86. The van der Waals surface area contributed by atoms with E-state index in [-0.39, 0.29) is 5.91 Å². The van der Waals surface area contributed by atoms with Crippen LogP contribution in [-0.4, -0.2) is 44.5 Å². The lowest BCUT2D eigenvalue weighted by Gasteiger charge is -2.19. The maximum absolute atomic E-state index is 12.8. The molecular formula is C20H22N2O4.